The van der Waals surface area contributed by atoms with E-state index >= 15 is 0 Å². The Morgan fingerprint density at radius 1 is 1.42 bits per heavy atom. The third-order valence-electron chi connectivity index (χ3n) is 3.95. The maximum absolute atomic E-state index is 11.4. The number of benzene rings is 1. The monoisotopic (exact) mass is 359 g/mol. The van der Waals surface area contributed by atoms with Gasteiger partial charge < -0.3 is 9.69 Å². The molecule has 6 nitrogen and oxygen atoms in total. The number of fused-ring (bicyclic) bond motifs is 1. The van der Waals surface area contributed by atoms with Crippen molar-refractivity contribution in [3.8, 4) is 6.07 Å². The molecule has 0 fully saturated rings. The summed E-state index contributed by atoms with van der Waals surface area (Å²) in [6.07, 6.45) is 1.95. The van der Waals surface area contributed by atoms with Crippen LogP contribution in [0.25, 0.3) is 0 Å². The molecule has 2 atom stereocenters. The lowest BCUT2D eigenvalue weighted by atomic mass is 10.1. The third-order valence-corrected chi connectivity index (χ3v) is 4.66. The Bertz CT molecular complexity index is 807. The average Bonchev–Trinajstić information content (AvgIpc) is 2.88. The Hall–Kier alpha value is -2.30. The average molecular weight is 360 g/mol. The summed E-state index contributed by atoms with van der Waals surface area (Å²) in [4.78, 5) is 21.6. The van der Waals surface area contributed by atoms with Gasteiger partial charge in [0.15, 0.2) is 11.0 Å². The summed E-state index contributed by atoms with van der Waals surface area (Å²) in [6, 6.07) is 9.37. The number of hydrogen-bond donors (Lipinski definition) is 1. The largest absolute Gasteiger partial charge is 0.328 e. The number of halogens is 1. The van der Waals surface area contributed by atoms with Crippen LogP contribution in [0.15, 0.2) is 30.6 Å². The standard InChI is InChI=1S/C16H14ClN5OS/c1-10(8-23)16-21(7-12-4-2-11(6-18)3-5-12)15-13(22(16)24)14(17)19-9-20-15/h2-5,8-10,16,24H,7H2,1H3. The molecule has 0 saturated heterocycles. The van der Waals surface area contributed by atoms with Crippen LogP contribution < -0.4 is 9.21 Å². The Balaban J connectivity index is 2.00. The predicted octanol–water partition coefficient (Wildman–Crippen LogP) is 2.83. The highest BCUT2D eigenvalue weighted by molar-refractivity contribution is 7.81. The quantitative estimate of drug-likeness (QED) is 0.514. The number of nitrogens with zero attached hydrogens (tertiary/aromatic N) is 5. The van der Waals surface area contributed by atoms with Gasteiger partial charge in [-0.05, 0) is 17.7 Å². The maximum atomic E-state index is 11.4. The zero-order chi connectivity index (χ0) is 17.3. The SMILES string of the molecule is CC(C=O)C1N(S)c2c(Cl)ncnc2N1Cc1ccc(C#N)cc1. The highest BCUT2D eigenvalue weighted by Crippen LogP contribution is 2.45. The van der Waals surface area contributed by atoms with Gasteiger partial charge in [0.25, 0.3) is 0 Å². The molecule has 3 rings (SSSR count). The van der Waals surface area contributed by atoms with E-state index in [9.17, 15) is 4.79 Å². The van der Waals surface area contributed by atoms with Crippen LogP contribution in [0.4, 0.5) is 11.5 Å². The first kappa shape index (κ1) is 16.6. The minimum Gasteiger partial charge on any atom is -0.328 e. The molecule has 0 radical (unpaired) electrons. The van der Waals surface area contributed by atoms with Crippen molar-refractivity contribution >= 4 is 42.2 Å². The van der Waals surface area contributed by atoms with Crippen LogP contribution in [0.1, 0.15) is 18.1 Å². The van der Waals surface area contributed by atoms with Crippen LogP contribution in [0.2, 0.25) is 5.15 Å². The first-order valence-electron chi connectivity index (χ1n) is 7.26. The first-order valence-corrected chi connectivity index (χ1v) is 8.04. The van der Waals surface area contributed by atoms with E-state index in [-0.39, 0.29) is 12.1 Å². The van der Waals surface area contributed by atoms with Gasteiger partial charge in [-0.3, -0.25) is 4.31 Å². The topological polar surface area (TPSA) is 73.1 Å². The molecule has 1 aliphatic heterocycles. The molecule has 1 aromatic carbocycles. The molecule has 0 N–H and O–H groups in total. The Kier molecular flexibility index (Phi) is 4.60. The number of rotatable bonds is 4. The van der Waals surface area contributed by atoms with Gasteiger partial charge in [0, 0.05) is 6.54 Å². The predicted molar refractivity (Wildman–Crippen MR) is 94.9 cm³/mol. The summed E-state index contributed by atoms with van der Waals surface area (Å²) in [7, 11) is 0. The Labute approximate surface area is 150 Å². The number of aromatic nitrogens is 2. The molecule has 0 amide bonds. The molecular formula is C16H14ClN5OS. The normalized spacial score (nSPS) is 17.3. The second-order valence-corrected chi connectivity index (χ2v) is 6.32. The molecule has 0 spiro atoms. The smallest absolute Gasteiger partial charge is 0.160 e. The molecule has 8 heteroatoms. The van der Waals surface area contributed by atoms with Gasteiger partial charge in [-0.2, -0.15) is 5.26 Å². The van der Waals surface area contributed by atoms with Crippen molar-refractivity contribution in [2.45, 2.75) is 19.6 Å². The van der Waals surface area contributed by atoms with Crippen molar-refractivity contribution in [2.75, 3.05) is 9.21 Å². The highest BCUT2D eigenvalue weighted by atomic mass is 35.5. The van der Waals surface area contributed by atoms with Crippen LogP contribution in [0, 0.1) is 17.2 Å². The lowest BCUT2D eigenvalue weighted by Crippen LogP contribution is -2.44. The Morgan fingerprint density at radius 2 is 2.12 bits per heavy atom. The minimum absolute atomic E-state index is 0.292. The molecule has 2 heterocycles. The van der Waals surface area contributed by atoms with E-state index in [1.54, 1.807) is 16.4 Å². The minimum atomic E-state index is -0.328. The molecule has 24 heavy (non-hydrogen) atoms. The second kappa shape index (κ2) is 6.67. The van der Waals surface area contributed by atoms with E-state index in [1.807, 2.05) is 24.0 Å². The fourth-order valence-corrected chi connectivity index (χ4v) is 3.57. The van der Waals surface area contributed by atoms with Crippen molar-refractivity contribution < 1.29 is 4.79 Å². The van der Waals surface area contributed by atoms with Crippen molar-refractivity contribution in [2.24, 2.45) is 5.92 Å². The molecule has 0 bridgehead atoms. The van der Waals surface area contributed by atoms with E-state index < -0.39 is 0 Å². The van der Waals surface area contributed by atoms with Crippen molar-refractivity contribution in [1.29, 1.82) is 5.26 Å². The fraction of sp³-hybridized carbons (Fsp3) is 0.250. The summed E-state index contributed by atoms with van der Waals surface area (Å²) < 4.78 is 1.64. The lowest BCUT2D eigenvalue weighted by molar-refractivity contribution is -0.111. The van der Waals surface area contributed by atoms with E-state index in [4.69, 9.17) is 16.9 Å². The number of nitriles is 1. The van der Waals surface area contributed by atoms with Gasteiger partial charge in [-0.15, -0.1) is 0 Å². The molecule has 2 unspecified atom stereocenters. The molecule has 2 aromatic rings. The number of hydrogen-bond acceptors (Lipinski definition) is 7. The first-order chi connectivity index (χ1) is 11.6. The van der Waals surface area contributed by atoms with Crippen molar-refractivity contribution in [3.05, 3.63) is 46.9 Å². The molecule has 122 valence electrons. The second-order valence-electron chi connectivity index (χ2n) is 5.53. The van der Waals surface area contributed by atoms with E-state index in [0.717, 1.165) is 11.8 Å². The molecular weight excluding hydrogens is 346 g/mol. The van der Waals surface area contributed by atoms with Gasteiger partial charge >= 0.3 is 0 Å². The van der Waals surface area contributed by atoms with Crippen LogP contribution in [0.5, 0.6) is 0 Å². The summed E-state index contributed by atoms with van der Waals surface area (Å²) >= 11 is 10.7. The molecule has 0 saturated carbocycles. The fourth-order valence-electron chi connectivity index (χ4n) is 2.77. The van der Waals surface area contributed by atoms with Gasteiger partial charge in [0.05, 0.1) is 17.6 Å². The zero-order valence-electron chi connectivity index (χ0n) is 12.8. The van der Waals surface area contributed by atoms with Crippen molar-refractivity contribution in [1.82, 2.24) is 9.97 Å². The van der Waals surface area contributed by atoms with Gasteiger partial charge in [0.1, 0.15) is 24.5 Å². The van der Waals surface area contributed by atoms with Gasteiger partial charge in [-0.25, -0.2) is 9.97 Å². The lowest BCUT2D eigenvalue weighted by Gasteiger charge is -2.31. The van der Waals surface area contributed by atoms with Crippen LogP contribution in [-0.4, -0.2) is 22.4 Å². The highest BCUT2D eigenvalue weighted by Gasteiger charge is 2.40. The molecule has 0 aliphatic carbocycles. The number of aldehydes is 1. The van der Waals surface area contributed by atoms with E-state index in [1.165, 1.54) is 6.33 Å². The number of carbonyl (C=O) groups excluding carboxylic acids is 1. The summed E-state index contributed by atoms with van der Waals surface area (Å²) in [5.74, 6) is 0.319. The summed E-state index contributed by atoms with van der Waals surface area (Å²) in [5, 5.41) is 9.20. The number of carbonyl (C=O) groups is 1. The number of anilines is 2. The van der Waals surface area contributed by atoms with E-state index in [2.05, 4.69) is 28.9 Å². The molecule has 1 aliphatic rings. The maximum Gasteiger partial charge on any atom is 0.160 e. The van der Waals surface area contributed by atoms with Gasteiger partial charge in [-0.1, -0.05) is 43.5 Å². The summed E-state index contributed by atoms with van der Waals surface area (Å²) in [5.41, 5.74) is 2.18. The van der Waals surface area contributed by atoms with Gasteiger partial charge in [0.2, 0.25) is 0 Å². The molecule has 1 aromatic heterocycles. The summed E-state index contributed by atoms with van der Waals surface area (Å²) in [6.45, 7) is 2.33. The van der Waals surface area contributed by atoms with Crippen LogP contribution in [-0.2, 0) is 11.3 Å². The number of thiol groups is 1. The Morgan fingerprint density at radius 3 is 2.75 bits per heavy atom. The van der Waals surface area contributed by atoms with Crippen LogP contribution >= 0.6 is 24.4 Å². The van der Waals surface area contributed by atoms with Crippen LogP contribution in [0.3, 0.4) is 0 Å². The third kappa shape index (κ3) is 2.79. The zero-order valence-corrected chi connectivity index (χ0v) is 14.4. The van der Waals surface area contributed by atoms with E-state index in [0.29, 0.717) is 28.8 Å². The van der Waals surface area contributed by atoms with Crippen molar-refractivity contribution in [3.63, 3.8) is 0 Å².